The van der Waals surface area contributed by atoms with Crippen LogP contribution in [0.25, 0.3) is 0 Å². The zero-order valence-electron chi connectivity index (χ0n) is 10.3. The molecule has 0 atom stereocenters. The third-order valence-electron chi connectivity index (χ3n) is 3.02. The summed E-state index contributed by atoms with van der Waals surface area (Å²) in [6.07, 6.45) is 7.71. The fraction of sp³-hybridized carbons (Fsp3) is 0.286. The summed E-state index contributed by atoms with van der Waals surface area (Å²) >= 11 is 0. The number of terminal acetylenes is 1. The van der Waals surface area contributed by atoms with E-state index in [9.17, 15) is 8.42 Å². The molecule has 0 bridgehead atoms. The van der Waals surface area contributed by atoms with E-state index in [0.717, 1.165) is 11.1 Å². The number of aryl methyl sites for hydroxylation is 1. The third kappa shape index (κ3) is 2.47. The van der Waals surface area contributed by atoms with Crippen molar-refractivity contribution in [1.29, 1.82) is 0 Å². The van der Waals surface area contributed by atoms with Crippen LogP contribution in [0.5, 0.6) is 0 Å². The largest absolute Gasteiger partial charge is 0.243 e. The lowest BCUT2D eigenvalue weighted by Crippen LogP contribution is -2.34. The number of benzene rings is 1. The summed E-state index contributed by atoms with van der Waals surface area (Å²) in [5.74, 6) is 2.56. The molecule has 0 saturated carbocycles. The first kappa shape index (κ1) is 12.9. The number of rotatable bonds is 2. The summed E-state index contributed by atoms with van der Waals surface area (Å²) in [6, 6.07) is 6.90. The summed E-state index contributed by atoms with van der Waals surface area (Å²) in [7, 11) is -3.39. The molecule has 0 amide bonds. The molecule has 4 heteroatoms. The molecule has 0 unspecified atom stereocenters. The van der Waals surface area contributed by atoms with E-state index >= 15 is 0 Å². The molecule has 0 radical (unpaired) electrons. The maximum atomic E-state index is 12.3. The Kier molecular flexibility index (Phi) is 3.55. The van der Waals surface area contributed by atoms with Gasteiger partial charge in [0, 0.05) is 18.7 Å². The average Bonchev–Trinajstić information content (AvgIpc) is 2.39. The van der Waals surface area contributed by atoms with Crippen LogP contribution in [0.3, 0.4) is 0 Å². The molecule has 0 aromatic heterocycles. The quantitative estimate of drug-likeness (QED) is 0.763. The SMILES string of the molecule is C#CC1=CCN(S(=O)(=O)c2ccc(C)cc2)CC1. The van der Waals surface area contributed by atoms with Gasteiger partial charge in [-0.3, -0.25) is 0 Å². The molecule has 0 saturated heterocycles. The van der Waals surface area contributed by atoms with Crippen LogP contribution < -0.4 is 0 Å². The Labute approximate surface area is 108 Å². The number of hydrogen-bond acceptors (Lipinski definition) is 2. The summed E-state index contributed by atoms with van der Waals surface area (Å²) in [5.41, 5.74) is 1.92. The normalized spacial score (nSPS) is 17.0. The zero-order valence-corrected chi connectivity index (χ0v) is 11.1. The molecule has 0 spiro atoms. The van der Waals surface area contributed by atoms with E-state index in [0.29, 0.717) is 24.4 Å². The fourth-order valence-corrected chi connectivity index (χ4v) is 3.24. The van der Waals surface area contributed by atoms with Gasteiger partial charge in [0.2, 0.25) is 10.0 Å². The number of sulfonamides is 1. The van der Waals surface area contributed by atoms with Crippen LogP contribution in [-0.4, -0.2) is 25.8 Å². The minimum Gasteiger partial charge on any atom is -0.207 e. The first-order valence-corrected chi connectivity index (χ1v) is 7.20. The molecule has 1 aliphatic rings. The van der Waals surface area contributed by atoms with Crippen molar-refractivity contribution in [1.82, 2.24) is 4.31 Å². The first-order valence-electron chi connectivity index (χ1n) is 5.76. The Morgan fingerprint density at radius 2 is 1.94 bits per heavy atom. The molecular weight excluding hydrogens is 246 g/mol. The lowest BCUT2D eigenvalue weighted by molar-refractivity contribution is 0.434. The molecule has 1 aliphatic heterocycles. The topological polar surface area (TPSA) is 37.4 Å². The second-order valence-electron chi connectivity index (χ2n) is 4.30. The Hall–Kier alpha value is -1.57. The lowest BCUT2D eigenvalue weighted by atomic mass is 10.1. The molecule has 1 heterocycles. The van der Waals surface area contributed by atoms with Gasteiger partial charge in [-0.25, -0.2) is 8.42 Å². The molecule has 1 aromatic carbocycles. The molecular formula is C14H15NO2S. The maximum Gasteiger partial charge on any atom is 0.243 e. The predicted octanol–water partition coefficient (Wildman–Crippen LogP) is 1.95. The molecule has 18 heavy (non-hydrogen) atoms. The minimum absolute atomic E-state index is 0.339. The van der Waals surface area contributed by atoms with Gasteiger partial charge in [-0.15, -0.1) is 6.42 Å². The third-order valence-corrected chi connectivity index (χ3v) is 4.90. The van der Waals surface area contributed by atoms with Gasteiger partial charge in [-0.05, 0) is 25.5 Å². The van der Waals surface area contributed by atoms with Gasteiger partial charge in [0.15, 0.2) is 0 Å². The van der Waals surface area contributed by atoms with Gasteiger partial charge in [0.1, 0.15) is 0 Å². The average molecular weight is 261 g/mol. The number of nitrogens with zero attached hydrogens (tertiary/aromatic N) is 1. The Bertz CT molecular complexity index is 606. The maximum absolute atomic E-state index is 12.3. The summed E-state index contributed by atoms with van der Waals surface area (Å²) in [5, 5.41) is 0. The van der Waals surface area contributed by atoms with Crippen molar-refractivity contribution in [3.63, 3.8) is 0 Å². The monoisotopic (exact) mass is 261 g/mol. The summed E-state index contributed by atoms with van der Waals surface area (Å²) < 4.78 is 26.1. The van der Waals surface area contributed by atoms with Crippen LogP contribution in [0.15, 0.2) is 40.8 Å². The fourth-order valence-electron chi connectivity index (χ4n) is 1.86. The molecule has 0 aliphatic carbocycles. The number of hydrogen-bond donors (Lipinski definition) is 0. The highest BCUT2D eigenvalue weighted by atomic mass is 32.2. The van der Waals surface area contributed by atoms with Crippen LogP contribution in [0.4, 0.5) is 0 Å². The van der Waals surface area contributed by atoms with E-state index in [1.807, 2.05) is 6.92 Å². The second kappa shape index (κ2) is 4.97. The van der Waals surface area contributed by atoms with Crippen molar-refractivity contribution in [2.45, 2.75) is 18.2 Å². The van der Waals surface area contributed by atoms with E-state index in [4.69, 9.17) is 6.42 Å². The zero-order chi connectivity index (χ0) is 13.2. The molecule has 0 N–H and O–H groups in total. The van der Waals surface area contributed by atoms with Crippen molar-refractivity contribution < 1.29 is 8.42 Å². The molecule has 94 valence electrons. The summed E-state index contributed by atoms with van der Waals surface area (Å²) in [6.45, 7) is 2.74. The molecule has 2 rings (SSSR count). The molecule has 3 nitrogen and oxygen atoms in total. The van der Waals surface area contributed by atoms with Gasteiger partial charge in [0.05, 0.1) is 4.90 Å². The lowest BCUT2D eigenvalue weighted by Gasteiger charge is -2.24. The predicted molar refractivity (Wildman–Crippen MR) is 71.5 cm³/mol. The van der Waals surface area contributed by atoms with E-state index in [-0.39, 0.29) is 0 Å². The van der Waals surface area contributed by atoms with Crippen molar-refractivity contribution >= 4 is 10.0 Å². The van der Waals surface area contributed by atoms with Crippen LogP contribution >= 0.6 is 0 Å². The van der Waals surface area contributed by atoms with Gasteiger partial charge < -0.3 is 0 Å². The van der Waals surface area contributed by atoms with Crippen LogP contribution in [0.2, 0.25) is 0 Å². The Morgan fingerprint density at radius 3 is 2.44 bits per heavy atom. The smallest absolute Gasteiger partial charge is 0.207 e. The van der Waals surface area contributed by atoms with Crippen LogP contribution in [-0.2, 0) is 10.0 Å². The highest BCUT2D eigenvalue weighted by Crippen LogP contribution is 2.20. The highest BCUT2D eigenvalue weighted by Gasteiger charge is 2.25. The van der Waals surface area contributed by atoms with E-state index in [1.54, 1.807) is 30.3 Å². The van der Waals surface area contributed by atoms with Crippen LogP contribution in [0.1, 0.15) is 12.0 Å². The van der Waals surface area contributed by atoms with Gasteiger partial charge in [-0.2, -0.15) is 4.31 Å². The second-order valence-corrected chi connectivity index (χ2v) is 6.24. The molecule has 1 aromatic rings. The Morgan fingerprint density at radius 1 is 1.28 bits per heavy atom. The van der Waals surface area contributed by atoms with E-state index < -0.39 is 10.0 Å². The van der Waals surface area contributed by atoms with Gasteiger partial charge in [0.25, 0.3) is 0 Å². The van der Waals surface area contributed by atoms with Gasteiger partial charge in [-0.1, -0.05) is 29.7 Å². The standard InChI is InChI=1S/C14H15NO2S/c1-3-13-8-10-15(11-9-13)18(16,17)14-6-4-12(2)5-7-14/h1,4-8H,9-11H2,2H3. The van der Waals surface area contributed by atoms with Crippen LogP contribution in [0, 0.1) is 19.3 Å². The van der Waals surface area contributed by atoms with E-state index in [1.165, 1.54) is 4.31 Å². The Balaban J connectivity index is 2.26. The van der Waals surface area contributed by atoms with E-state index in [2.05, 4.69) is 5.92 Å². The van der Waals surface area contributed by atoms with Crippen molar-refractivity contribution in [2.75, 3.05) is 13.1 Å². The van der Waals surface area contributed by atoms with Crippen molar-refractivity contribution in [3.05, 3.63) is 41.5 Å². The summed E-state index contributed by atoms with van der Waals surface area (Å²) in [4.78, 5) is 0.339. The van der Waals surface area contributed by atoms with Crippen molar-refractivity contribution in [3.8, 4) is 12.3 Å². The first-order chi connectivity index (χ1) is 8.54. The van der Waals surface area contributed by atoms with Crippen molar-refractivity contribution in [2.24, 2.45) is 0 Å². The van der Waals surface area contributed by atoms with Gasteiger partial charge >= 0.3 is 0 Å². The minimum atomic E-state index is -3.39. The highest BCUT2D eigenvalue weighted by molar-refractivity contribution is 7.89. The molecule has 0 fully saturated rings.